The van der Waals surface area contributed by atoms with Gasteiger partial charge >= 0.3 is 5.97 Å². The zero-order valence-electron chi connectivity index (χ0n) is 9.91. The minimum Gasteiger partial charge on any atom is -0.481 e. The third kappa shape index (κ3) is 3.62. The van der Waals surface area contributed by atoms with Gasteiger partial charge in [0.1, 0.15) is 0 Å². The van der Waals surface area contributed by atoms with Crippen molar-refractivity contribution < 1.29 is 14.7 Å². The van der Waals surface area contributed by atoms with E-state index in [1.807, 2.05) is 0 Å². The molecular formula is C12H13Cl2NO3. The average Bonchev–Trinajstić information content (AvgIpc) is 2.31. The van der Waals surface area contributed by atoms with Crippen molar-refractivity contribution in [3.63, 3.8) is 0 Å². The monoisotopic (exact) mass is 289 g/mol. The first-order valence-electron chi connectivity index (χ1n) is 5.31. The van der Waals surface area contributed by atoms with Gasteiger partial charge in [0.15, 0.2) is 0 Å². The summed E-state index contributed by atoms with van der Waals surface area (Å²) in [6, 6.07) is 4.01. The maximum absolute atomic E-state index is 11.8. The quantitative estimate of drug-likeness (QED) is 0.896. The molecule has 4 nitrogen and oxygen atoms in total. The number of hydrogen-bond donors (Lipinski definition) is 2. The lowest BCUT2D eigenvalue weighted by Crippen LogP contribution is -2.40. The van der Waals surface area contributed by atoms with E-state index < -0.39 is 17.9 Å². The second kappa shape index (κ2) is 6.07. The van der Waals surface area contributed by atoms with Gasteiger partial charge in [-0.3, -0.25) is 9.59 Å². The number of benzene rings is 1. The molecule has 0 radical (unpaired) electrons. The first kappa shape index (κ1) is 14.8. The molecule has 2 unspecified atom stereocenters. The molecule has 2 N–H and O–H groups in total. The highest BCUT2D eigenvalue weighted by Crippen LogP contribution is 2.22. The van der Waals surface area contributed by atoms with Crippen molar-refractivity contribution in [2.45, 2.75) is 19.9 Å². The fraction of sp³-hybridized carbons (Fsp3) is 0.333. The van der Waals surface area contributed by atoms with E-state index in [0.717, 1.165) is 0 Å². The molecule has 0 aliphatic rings. The summed E-state index contributed by atoms with van der Waals surface area (Å²) in [7, 11) is 0. The van der Waals surface area contributed by atoms with Crippen molar-refractivity contribution >= 4 is 35.1 Å². The highest BCUT2D eigenvalue weighted by Gasteiger charge is 2.21. The van der Waals surface area contributed by atoms with Crippen LogP contribution in [-0.2, 0) is 4.79 Å². The number of nitrogens with one attached hydrogen (secondary N) is 1. The molecule has 0 saturated carbocycles. The molecule has 0 saturated heterocycles. The number of carboxylic acid groups (broad SMARTS) is 1. The smallest absolute Gasteiger partial charge is 0.308 e. The Hall–Kier alpha value is -1.26. The molecule has 1 amide bonds. The zero-order chi connectivity index (χ0) is 13.9. The van der Waals surface area contributed by atoms with Gasteiger partial charge in [0.2, 0.25) is 0 Å². The number of aliphatic carboxylic acids is 1. The van der Waals surface area contributed by atoms with Crippen molar-refractivity contribution in [1.82, 2.24) is 5.32 Å². The fourth-order valence-corrected chi connectivity index (χ4v) is 1.56. The molecule has 1 rings (SSSR count). The highest BCUT2D eigenvalue weighted by atomic mass is 35.5. The summed E-state index contributed by atoms with van der Waals surface area (Å²) < 4.78 is 0. The Bertz CT molecular complexity index is 476. The van der Waals surface area contributed by atoms with E-state index in [-0.39, 0.29) is 10.9 Å². The molecule has 0 heterocycles. The van der Waals surface area contributed by atoms with Crippen LogP contribution >= 0.6 is 23.2 Å². The summed E-state index contributed by atoms with van der Waals surface area (Å²) in [6.45, 7) is 3.16. The van der Waals surface area contributed by atoms with Crippen LogP contribution in [0.1, 0.15) is 24.2 Å². The normalized spacial score (nSPS) is 13.8. The van der Waals surface area contributed by atoms with Crippen LogP contribution in [0, 0.1) is 5.92 Å². The molecule has 0 aliphatic carbocycles. The van der Waals surface area contributed by atoms with Crippen LogP contribution in [-0.4, -0.2) is 23.0 Å². The largest absolute Gasteiger partial charge is 0.481 e. The molecule has 0 fully saturated rings. The lowest BCUT2D eigenvalue weighted by molar-refractivity contribution is -0.141. The van der Waals surface area contributed by atoms with Crippen molar-refractivity contribution in [3.8, 4) is 0 Å². The van der Waals surface area contributed by atoms with E-state index in [1.165, 1.54) is 25.1 Å². The summed E-state index contributed by atoms with van der Waals surface area (Å²) in [5.41, 5.74) is 0.342. The van der Waals surface area contributed by atoms with Gasteiger partial charge in [-0.25, -0.2) is 0 Å². The van der Waals surface area contributed by atoms with Crippen LogP contribution in [0.5, 0.6) is 0 Å². The second-order valence-electron chi connectivity index (χ2n) is 4.02. The van der Waals surface area contributed by atoms with Gasteiger partial charge in [-0.2, -0.15) is 0 Å². The number of carboxylic acids is 1. The maximum atomic E-state index is 11.8. The molecule has 0 spiro atoms. The molecule has 98 valence electrons. The molecule has 18 heavy (non-hydrogen) atoms. The van der Waals surface area contributed by atoms with Gasteiger partial charge in [0.05, 0.1) is 16.0 Å². The molecule has 0 bridgehead atoms. The SMILES string of the molecule is CC(NC(=O)c1ccc(Cl)c(Cl)c1)C(C)C(=O)O. The Morgan fingerprint density at radius 1 is 1.22 bits per heavy atom. The third-order valence-corrected chi connectivity index (χ3v) is 3.42. The average molecular weight is 290 g/mol. The topological polar surface area (TPSA) is 66.4 Å². The van der Waals surface area contributed by atoms with Crippen LogP contribution < -0.4 is 5.32 Å². The zero-order valence-corrected chi connectivity index (χ0v) is 11.4. The lowest BCUT2D eigenvalue weighted by atomic mass is 10.0. The first-order chi connectivity index (χ1) is 8.32. The fourth-order valence-electron chi connectivity index (χ4n) is 1.27. The number of hydrogen-bond acceptors (Lipinski definition) is 2. The van der Waals surface area contributed by atoms with Gasteiger partial charge in [-0.15, -0.1) is 0 Å². The van der Waals surface area contributed by atoms with E-state index in [4.69, 9.17) is 28.3 Å². The van der Waals surface area contributed by atoms with Gasteiger partial charge < -0.3 is 10.4 Å². The van der Waals surface area contributed by atoms with Crippen molar-refractivity contribution in [2.75, 3.05) is 0 Å². The van der Waals surface area contributed by atoms with E-state index in [2.05, 4.69) is 5.32 Å². The van der Waals surface area contributed by atoms with Gasteiger partial charge in [0.25, 0.3) is 5.91 Å². The summed E-state index contributed by atoms with van der Waals surface area (Å²) in [4.78, 5) is 22.6. The summed E-state index contributed by atoms with van der Waals surface area (Å²) >= 11 is 11.5. The van der Waals surface area contributed by atoms with Crippen LogP contribution in [0.4, 0.5) is 0 Å². The minimum atomic E-state index is -0.961. The van der Waals surface area contributed by atoms with E-state index in [1.54, 1.807) is 6.92 Å². The van der Waals surface area contributed by atoms with E-state index in [0.29, 0.717) is 10.6 Å². The molecule has 1 aromatic carbocycles. The van der Waals surface area contributed by atoms with Crippen molar-refractivity contribution in [3.05, 3.63) is 33.8 Å². The summed E-state index contributed by atoms with van der Waals surface area (Å²) in [5, 5.41) is 12.1. The number of halogens is 2. The minimum absolute atomic E-state index is 0.281. The molecule has 0 aromatic heterocycles. The Morgan fingerprint density at radius 3 is 2.33 bits per heavy atom. The highest BCUT2D eigenvalue weighted by molar-refractivity contribution is 6.42. The summed E-state index contributed by atoms with van der Waals surface area (Å²) in [5.74, 6) is -2.01. The number of amides is 1. The Balaban J connectivity index is 2.76. The second-order valence-corrected chi connectivity index (χ2v) is 4.83. The molecule has 0 aliphatic heterocycles. The van der Waals surface area contributed by atoms with Gasteiger partial charge in [-0.05, 0) is 32.0 Å². The lowest BCUT2D eigenvalue weighted by Gasteiger charge is -2.17. The Morgan fingerprint density at radius 2 is 1.83 bits per heavy atom. The Kier molecular flexibility index (Phi) is 4.99. The predicted octanol–water partition coefficient (Wildman–Crippen LogP) is 2.83. The van der Waals surface area contributed by atoms with Crippen LogP contribution in [0.25, 0.3) is 0 Å². The van der Waals surface area contributed by atoms with Gasteiger partial charge in [0, 0.05) is 11.6 Å². The van der Waals surface area contributed by atoms with Gasteiger partial charge in [-0.1, -0.05) is 23.2 Å². The number of carbonyl (C=O) groups excluding carboxylic acids is 1. The van der Waals surface area contributed by atoms with Crippen molar-refractivity contribution in [2.24, 2.45) is 5.92 Å². The summed E-state index contributed by atoms with van der Waals surface area (Å²) in [6.07, 6.45) is 0. The first-order valence-corrected chi connectivity index (χ1v) is 6.07. The van der Waals surface area contributed by atoms with Crippen molar-refractivity contribution in [1.29, 1.82) is 0 Å². The van der Waals surface area contributed by atoms with E-state index >= 15 is 0 Å². The number of rotatable bonds is 4. The number of carbonyl (C=O) groups is 2. The van der Waals surface area contributed by atoms with Crippen LogP contribution in [0.3, 0.4) is 0 Å². The van der Waals surface area contributed by atoms with Crippen LogP contribution in [0.15, 0.2) is 18.2 Å². The van der Waals surface area contributed by atoms with Crippen LogP contribution in [0.2, 0.25) is 10.0 Å². The molecule has 2 atom stereocenters. The predicted molar refractivity (Wildman–Crippen MR) is 70.2 cm³/mol. The maximum Gasteiger partial charge on any atom is 0.308 e. The van der Waals surface area contributed by atoms with E-state index in [9.17, 15) is 9.59 Å². The molecule has 6 heteroatoms. The standard InChI is InChI=1S/C12H13Cl2NO3/c1-6(12(17)18)7(2)15-11(16)8-3-4-9(13)10(14)5-8/h3-7H,1-2H3,(H,15,16)(H,17,18). The molecule has 1 aromatic rings. The molecular weight excluding hydrogens is 277 g/mol. The third-order valence-electron chi connectivity index (χ3n) is 2.68. The Labute approximate surface area is 115 Å².